The third kappa shape index (κ3) is 6.16. The van der Waals surface area contributed by atoms with E-state index in [4.69, 9.17) is 16.6 Å². The molecular weight excluding hydrogens is 292 g/mol. The Morgan fingerprint density at radius 1 is 1.19 bits per heavy atom. The number of benzene rings is 1. The Balaban J connectivity index is 2.47. The van der Waals surface area contributed by atoms with Crippen molar-refractivity contribution in [3.05, 3.63) is 29.8 Å². The van der Waals surface area contributed by atoms with Gasteiger partial charge in [-0.25, -0.2) is 9.59 Å². The van der Waals surface area contributed by atoms with Crippen molar-refractivity contribution in [2.45, 2.75) is 24.9 Å². The van der Waals surface area contributed by atoms with E-state index in [1.54, 1.807) is 23.9 Å². The molecule has 21 heavy (non-hydrogen) atoms. The second-order valence-electron chi connectivity index (χ2n) is 4.61. The number of carbonyl (C=O) groups excluding carboxylic acids is 2. The molecule has 0 spiro atoms. The van der Waals surface area contributed by atoms with E-state index in [1.807, 2.05) is 6.26 Å². The number of rotatable bonds is 7. The van der Waals surface area contributed by atoms with Crippen molar-refractivity contribution in [1.82, 2.24) is 0 Å². The largest absolute Gasteiger partial charge is 0.508 e. The molecule has 0 aliphatic carbocycles. The van der Waals surface area contributed by atoms with Crippen LogP contribution in [-0.2, 0) is 20.7 Å². The molecule has 6 nitrogen and oxygen atoms in total. The molecule has 0 radical (unpaired) electrons. The highest BCUT2D eigenvalue weighted by Crippen LogP contribution is 2.11. The van der Waals surface area contributed by atoms with Crippen LogP contribution in [0.15, 0.2) is 24.3 Å². The maximum absolute atomic E-state index is 11.7. The van der Waals surface area contributed by atoms with Gasteiger partial charge in [0.15, 0.2) is 0 Å². The lowest BCUT2D eigenvalue weighted by Crippen LogP contribution is -2.40. The van der Waals surface area contributed by atoms with E-state index in [1.165, 1.54) is 12.1 Å². The summed E-state index contributed by atoms with van der Waals surface area (Å²) in [5, 5.41) is 9.17. The number of hydrogen-bond acceptors (Lipinski definition) is 7. The minimum absolute atomic E-state index is 0.129. The number of thioether (sulfide) groups is 1. The Morgan fingerprint density at radius 2 is 1.76 bits per heavy atom. The number of carbonyl (C=O) groups is 2. The molecule has 0 aromatic heterocycles. The number of esters is 2. The van der Waals surface area contributed by atoms with Crippen LogP contribution in [-0.4, -0.2) is 41.1 Å². The third-order valence-electron chi connectivity index (χ3n) is 2.83. The van der Waals surface area contributed by atoms with Crippen molar-refractivity contribution in [3.8, 4) is 5.75 Å². The molecule has 0 bridgehead atoms. The molecule has 0 saturated heterocycles. The Hall–Kier alpha value is -1.57. The van der Waals surface area contributed by atoms with Gasteiger partial charge in [-0.15, -0.1) is 0 Å². The first-order chi connectivity index (χ1) is 9.93. The van der Waals surface area contributed by atoms with E-state index >= 15 is 0 Å². The fourth-order valence-corrected chi connectivity index (χ4v) is 2.07. The van der Waals surface area contributed by atoms with Gasteiger partial charge < -0.3 is 21.3 Å². The first-order valence-corrected chi connectivity index (χ1v) is 7.87. The second-order valence-corrected chi connectivity index (χ2v) is 5.59. The zero-order chi connectivity index (χ0) is 15.8. The van der Waals surface area contributed by atoms with Crippen LogP contribution in [0.4, 0.5) is 0 Å². The van der Waals surface area contributed by atoms with Gasteiger partial charge in [0.25, 0.3) is 0 Å². The highest BCUT2D eigenvalue weighted by molar-refractivity contribution is 7.98. The Morgan fingerprint density at radius 3 is 2.33 bits per heavy atom. The van der Waals surface area contributed by atoms with Crippen molar-refractivity contribution in [2.24, 2.45) is 11.5 Å². The summed E-state index contributed by atoms with van der Waals surface area (Å²) in [6.07, 6.45) is 2.56. The zero-order valence-electron chi connectivity index (χ0n) is 11.8. The number of hydrogen-bond donors (Lipinski definition) is 3. The first-order valence-electron chi connectivity index (χ1n) is 6.47. The summed E-state index contributed by atoms with van der Waals surface area (Å²) in [6.45, 7) is 0. The molecule has 0 amide bonds. The van der Waals surface area contributed by atoms with E-state index in [2.05, 4.69) is 4.74 Å². The highest BCUT2D eigenvalue weighted by Gasteiger charge is 2.23. The molecule has 1 aromatic carbocycles. The van der Waals surface area contributed by atoms with Gasteiger partial charge in [0.05, 0.1) is 0 Å². The molecule has 5 N–H and O–H groups in total. The lowest BCUT2D eigenvalue weighted by atomic mass is 10.1. The summed E-state index contributed by atoms with van der Waals surface area (Å²) in [7, 11) is 0. The van der Waals surface area contributed by atoms with Crippen LogP contribution in [0.1, 0.15) is 12.0 Å². The van der Waals surface area contributed by atoms with Gasteiger partial charge in [-0.05, 0) is 42.5 Å². The van der Waals surface area contributed by atoms with Crippen molar-refractivity contribution in [1.29, 1.82) is 0 Å². The lowest BCUT2D eigenvalue weighted by molar-refractivity contribution is -0.161. The second kappa shape index (κ2) is 8.66. The van der Waals surface area contributed by atoms with E-state index in [0.29, 0.717) is 12.2 Å². The van der Waals surface area contributed by atoms with Crippen LogP contribution in [0.2, 0.25) is 0 Å². The maximum atomic E-state index is 11.7. The van der Waals surface area contributed by atoms with Gasteiger partial charge in [0.1, 0.15) is 17.8 Å². The average molecular weight is 312 g/mol. The van der Waals surface area contributed by atoms with Crippen molar-refractivity contribution >= 4 is 23.7 Å². The minimum atomic E-state index is -0.953. The van der Waals surface area contributed by atoms with Gasteiger partial charge in [-0.2, -0.15) is 11.8 Å². The lowest BCUT2D eigenvalue weighted by Gasteiger charge is -2.13. The molecule has 0 saturated carbocycles. The standard InChI is InChI=1S/C14H20N2O4S/c1-21-7-6-11(15)13(18)20-14(19)12(16)8-9-2-4-10(17)5-3-9/h2-5,11-12,17H,6-8,15-16H2,1H3/t11-,12-/m0/s1. The predicted molar refractivity (Wildman–Crippen MR) is 81.9 cm³/mol. The molecule has 0 heterocycles. The van der Waals surface area contributed by atoms with Gasteiger partial charge in [-0.3, -0.25) is 0 Å². The molecule has 7 heteroatoms. The van der Waals surface area contributed by atoms with Crippen molar-refractivity contribution < 1.29 is 19.4 Å². The SMILES string of the molecule is CSCC[C@H](N)C(=O)OC(=O)[C@@H](N)Cc1ccc(O)cc1. The zero-order valence-corrected chi connectivity index (χ0v) is 12.6. The predicted octanol–water partition coefficient (Wildman–Crippen LogP) is 0.412. The van der Waals surface area contributed by atoms with E-state index in [0.717, 1.165) is 5.56 Å². The molecule has 116 valence electrons. The monoisotopic (exact) mass is 312 g/mol. The minimum Gasteiger partial charge on any atom is -0.508 e. The summed E-state index contributed by atoms with van der Waals surface area (Å²) in [5.74, 6) is -0.711. The Bertz CT molecular complexity index is 478. The average Bonchev–Trinajstić information content (AvgIpc) is 2.46. The Kier molecular flexibility index (Phi) is 7.21. The molecule has 0 aliphatic heterocycles. The molecule has 1 rings (SSSR count). The van der Waals surface area contributed by atoms with Crippen LogP contribution in [0.25, 0.3) is 0 Å². The quantitative estimate of drug-likeness (QED) is 0.493. The van der Waals surface area contributed by atoms with Gasteiger partial charge in [-0.1, -0.05) is 12.1 Å². The van der Waals surface area contributed by atoms with Crippen molar-refractivity contribution in [2.75, 3.05) is 12.0 Å². The van der Waals surface area contributed by atoms with E-state index in [-0.39, 0.29) is 12.2 Å². The van der Waals surface area contributed by atoms with Gasteiger partial charge >= 0.3 is 11.9 Å². The Labute approximate surface area is 127 Å². The molecule has 2 atom stereocenters. The first kappa shape index (κ1) is 17.5. The molecule has 1 aromatic rings. The van der Waals surface area contributed by atoms with Crippen LogP contribution in [0.3, 0.4) is 0 Å². The van der Waals surface area contributed by atoms with Crippen LogP contribution >= 0.6 is 11.8 Å². The highest BCUT2D eigenvalue weighted by atomic mass is 32.2. The molecule has 0 unspecified atom stereocenters. The fourth-order valence-electron chi connectivity index (χ4n) is 1.58. The van der Waals surface area contributed by atoms with Crippen LogP contribution < -0.4 is 11.5 Å². The molecule has 0 aliphatic rings. The maximum Gasteiger partial charge on any atom is 0.330 e. The summed E-state index contributed by atoms with van der Waals surface area (Å²) < 4.78 is 4.68. The summed E-state index contributed by atoms with van der Waals surface area (Å²) >= 11 is 1.56. The molecule has 0 fully saturated rings. The smallest absolute Gasteiger partial charge is 0.330 e. The van der Waals surface area contributed by atoms with Crippen molar-refractivity contribution in [3.63, 3.8) is 0 Å². The third-order valence-corrected chi connectivity index (χ3v) is 3.48. The summed E-state index contributed by atoms with van der Waals surface area (Å²) in [5.41, 5.74) is 12.1. The van der Waals surface area contributed by atoms with Crippen LogP contribution in [0.5, 0.6) is 5.75 Å². The number of phenols is 1. The van der Waals surface area contributed by atoms with E-state index in [9.17, 15) is 9.59 Å². The van der Waals surface area contributed by atoms with Gasteiger partial charge in [0, 0.05) is 0 Å². The molecular formula is C14H20N2O4S. The van der Waals surface area contributed by atoms with Crippen LogP contribution in [0, 0.1) is 0 Å². The fraction of sp³-hybridized carbons (Fsp3) is 0.429. The number of nitrogens with two attached hydrogens (primary N) is 2. The topological polar surface area (TPSA) is 116 Å². The summed E-state index contributed by atoms with van der Waals surface area (Å²) in [4.78, 5) is 23.3. The number of ether oxygens (including phenoxy) is 1. The van der Waals surface area contributed by atoms with Gasteiger partial charge in [0.2, 0.25) is 0 Å². The summed E-state index contributed by atoms with van der Waals surface area (Å²) in [6, 6.07) is 4.52. The number of phenolic OH excluding ortho intramolecular Hbond substituents is 1. The normalized spacial score (nSPS) is 13.5. The number of aromatic hydroxyl groups is 1. The van der Waals surface area contributed by atoms with E-state index < -0.39 is 24.0 Å².